The largest absolute Gasteiger partial charge is 0.497 e. The van der Waals surface area contributed by atoms with Crippen LogP contribution >= 0.6 is 0 Å². The molecule has 0 aliphatic heterocycles. The number of benzene rings is 2. The number of hydrogen-bond donors (Lipinski definition) is 0. The van der Waals surface area contributed by atoms with Crippen molar-refractivity contribution in [1.82, 2.24) is 0 Å². The number of methoxy groups -OCH3 is 1. The Morgan fingerprint density at radius 1 is 0.846 bits per heavy atom. The molecule has 2 aromatic carbocycles. The van der Waals surface area contributed by atoms with Crippen LogP contribution < -0.4 is 13.3 Å². The molecule has 7 nitrogen and oxygen atoms in total. The van der Waals surface area contributed by atoms with E-state index in [1.165, 1.54) is 27.3 Å². The molecule has 0 amide bonds. The van der Waals surface area contributed by atoms with E-state index in [1.807, 2.05) is 0 Å². The summed E-state index contributed by atoms with van der Waals surface area (Å²) < 4.78 is 56.4. The number of sulfonamides is 2. The molecule has 0 aliphatic carbocycles. The number of anilines is 2. The van der Waals surface area contributed by atoms with Crippen molar-refractivity contribution in [1.29, 1.82) is 0 Å². The van der Waals surface area contributed by atoms with E-state index >= 15 is 0 Å². The van der Waals surface area contributed by atoms with Crippen LogP contribution in [0.5, 0.6) is 5.75 Å². The normalized spacial score (nSPS) is 11.9. The van der Waals surface area contributed by atoms with E-state index in [2.05, 4.69) is 0 Å². The van der Waals surface area contributed by atoms with Gasteiger partial charge in [-0.1, -0.05) is 0 Å². The van der Waals surface area contributed by atoms with Crippen molar-refractivity contribution < 1.29 is 21.6 Å². The first-order valence-corrected chi connectivity index (χ1v) is 10.9. The minimum Gasteiger partial charge on any atom is -0.497 e. The van der Waals surface area contributed by atoms with Gasteiger partial charge >= 0.3 is 0 Å². The van der Waals surface area contributed by atoms with Crippen molar-refractivity contribution in [3.8, 4) is 5.75 Å². The van der Waals surface area contributed by atoms with Crippen LogP contribution in [0.4, 0.5) is 11.4 Å². The molecule has 0 atom stereocenters. The van der Waals surface area contributed by atoms with Crippen LogP contribution in [-0.4, -0.2) is 44.3 Å². The Morgan fingerprint density at radius 3 is 1.77 bits per heavy atom. The second-order valence-corrected chi connectivity index (χ2v) is 9.80. The summed E-state index contributed by atoms with van der Waals surface area (Å²) in [4.78, 5) is 0.179. The van der Waals surface area contributed by atoms with Crippen LogP contribution in [0.3, 0.4) is 0 Å². The highest BCUT2D eigenvalue weighted by Gasteiger charge is 2.24. The van der Waals surface area contributed by atoms with Gasteiger partial charge in [0.15, 0.2) is 0 Å². The molecule has 142 valence electrons. The number of ether oxygens (including phenoxy) is 1. The van der Waals surface area contributed by atoms with E-state index in [0.717, 1.165) is 14.9 Å². The molecule has 0 N–H and O–H groups in total. The van der Waals surface area contributed by atoms with E-state index in [4.69, 9.17) is 4.74 Å². The highest BCUT2D eigenvalue weighted by Crippen LogP contribution is 2.28. The van der Waals surface area contributed by atoms with Crippen LogP contribution in [0.2, 0.25) is 0 Å². The Morgan fingerprint density at radius 2 is 1.35 bits per heavy atom. The van der Waals surface area contributed by atoms with Crippen molar-refractivity contribution in [2.75, 3.05) is 36.1 Å². The van der Waals surface area contributed by atoms with E-state index in [1.54, 1.807) is 43.3 Å². The molecule has 0 aliphatic rings. The lowest BCUT2D eigenvalue weighted by Crippen LogP contribution is -2.27. The van der Waals surface area contributed by atoms with Crippen molar-refractivity contribution in [3.63, 3.8) is 0 Å². The first kappa shape index (κ1) is 20.1. The van der Waals surface area contributed by atoms with Crippen LogP contribution in [0, 0.1) is 6.92 Å². The molecule has 9 heteroatoms. The van der Waals surface area contributed by atoms with Gasteiger partial charge in [0.05, 0.1) is 29.6 Å². The van der Waals surface area contributed by atoms with Gasteiger partial charge in [-0.25, -0.2) is 16.8 Å². The summed E-state index contributed by atoms with van der Waals surface area (Å²) in [5.74, 6) is 0.581. The summed E-state index contributed by atoms with van der Waals surface area (Å²) in [6.07, 6.45) is 1.10. The molecule has 0 aromatic heterocycles. The van der Waals surface area contributed by atoms with Crippen LogP contribution in [0.1, 0.15) is 5.56 Å². The first-order valence-electron chi connectivity index (χ1n) is 7.66. The van der Waals surface area contributed by atoms with E-state index < -0.39 is 20.0 Å². The topological polar surface area (TPSA) is 84.0 Å². The quantitative estimate of drug-likeness (QED) is 0.745. The molecule has 0 radical (unpaired) electrons. The first-order chi connectivity index (χ1) is 12.0. The van der Waals surface area contributed by atoms with E-state index in [9.17, 15) is 16.8 Å². The number of hydrogen-bond acceptors (Lipinski definition) is 5. The fourth-order valence-electron chi connectivity index (χ4n) is 2.39. The highest BCUT2D eigenvalue weighted by molar-refractivity contribution is 7.93. The molecule has 0 spiro atoms. The molecule has 2 aromatic rings. The SMILES string of the molecule is COc1ccc(S(=O)(=O)N(C)c2ccc(N(C)S(C)(=O)=O)cc2)c(C)c1. The maximum atomic E-state index is 12.9. The minimum absolute atomic E-state index is 0.179. The summed E-state index contributed by atoms with van der Waals surface area (Å²) in [6.45, 7) is 1.70. The van der Waals surface area contributed by atoms with Crippen LogP contribution in [-0.2, 0) is 20.0 Å². The van der Waals surface area contributed by atoms with Gasteiger partial charge < -0.3 is 4.74 Å². The molecule has 0 heterocycles. The molecule has 2 rings (SSSR count). The van der Waals surface area contributed by atoms with Gasteiger partial charge in [-0.05, 0) is 55.0 Å². The molecular weight excluding hydrogens is 376 g/mol. The van der Waals surface area contributed by atoms with Crippen LogP contribution in [0.15, 0.2) is 47.4 Å². The van der Waals surface area contributed by atoms with Gasteiger partial charge in [-0.15, -0.1) is 0 Å². The molecule has 0 saturated carbocycles. The highest BCUT2D eigenvalue weighted by atomic mass is 32.2. The number of aryl methyl sites for hydroxylation is 1. The lowest BCUT2D eigenvalue weighted by atomic mass is 10.2. The van der Waals surface area contributed by atoms with Gasteiger partial charge in [0.2, 0.25) is 10.0 Å². The lowest BCUT2D eigenvalue weighted by molar-refractivity contribution is 0.414. The Kier molecular flexibility index (Phi) is 5.52. The average molecular weight is 399 g/mol. The van der Waals surface area contributed by atoms with Gasteiger partial charge in [0.25, 0.3) is 10.0 Å². The monoisotopic (exact) mass is 398 g/mol. The molecule has 0 bridgehead atoms. The summed E-state index contributed by atoms with van der Waals surface area (Å²) in [6, 6.07) is 11.0. The maximum absolute atomic E-state index is 12.9. The fourth-order valence-corrected chi connectivity index (χ4v) is 4.29. The number of nitrogens with zero attached hydrogens (tertiary/aromatic N) is 2. The van der Waals surface area contributed by atoms with Crippen molar-refractivity contribution in [3.05, 3.63) is 48.0 Å². The number of rotatable bonds is 6. The second kappa shape index (κ2) is 7.16. The van der Waals surface area contributed by atoms with Gasteiger partial charge in [-0.2, -0.15) is 0 Å². The van der Waals surface area contributed by atoms with E-state index in [0.29, 0.717) is 22.7 Å². The zero-order valence-corrected chi connectivity index (χ0v) is 16.9. The smallest absolute Gasteiger partial charge is 0.264 e. The zero-order chi connectivity index (χ0) is 19.7. The predicted octanol–water partition coefficient (Wildman–Crippen LogP) is 2.22. The Hall–Kier alpha value is -2.26. The van der Waals surface area contributed by atoms with Gasteiger partial charge in [-0.3, -0.25) is 8.61 Å². The minimum atomic E-state index is -3.76. The van der Waals surface area contributed by atoms with Crippen molar-refractivity contribution >= 4 is 31.4 Å². The zero-order valence-electron chi connectivity index (χ0n) is 15.3. The van der Waals surface area contributed by atoms with Gasteiger partial charge in [0, 0.05) is 14.1 Å². The van der Waals surface area contributed by atoms with Crippen molar-refractivity contribution in [2.24, 2.45) is 0 Å². The molecular formula is C17H22N2O5S2. The second-order valence-electron chi connectivity index (χ2n) is 5.85. The van der Waals surface area contributed by atoms with Crippen molar-refractivity contribution in [2.45, 2.75) is 11.8 Å². The summed E-state index contributed by atoms with van der Waals surface area (Å²) >= 11 is 0. The lowest BCUT2D eigenvalue weighted by Gasteiger charge is -2.22. The third-order valence-electron chi connectivity index (χ3n) is 4.09. The predicted molar refractivity (Wildman–Crippen MR) is 103 cm³/mol. The molecule has 0 unspecified atom stereocenters. The van der Waals surface area contributed by atoms with Gasteiger partial charge in [0.1, 0.15) is 5.75 Å². The maximum Gasteiger partial charge on any atom is 0.264 e. The fraction of sp³-hybridized carbons (Fsp3) is 0.294. The standard InChI is InChI=1S/C17H22N2O5S2/c1-13-12-16(24-4)10-11-17(13)26(22,23)19(3)15-8-6-14(7-9-15)18(2)25(5,20)21/h6-12H,1-5H3. The third-order valence-corrected chi connectivity index (χ3v) is 7.25. The summed E-state index contributed by atoms with van der Waals surface area (Å²) in [7, 11) is -2.74. The van der Waals surface area contributed by atoms with E-state index in [-0.39, 0.29) is 4.90 Å². The van der Waals surface area contributed by atoms with Crippen LogP contribution in [0.25, 0.3) is 0 Å². The third kappa shape index (κ3) is 3.94. The average Bonchev–Trinajstić information content (AvgIpc) is 2.59. The molecule has 26 heavy (non-hydrogen) atoms. The Balaban J connectivity index is 2.37. The Labute approximate surface area is 154 Å². The Bertz CT molecular complexity index is 1000. The summed E-state index contributed by atoms with van der Waals surface area (Å²) in [5.41, 5.74) is 1.44. The molecule has 0 fully saturated rings. The summed E-state index contributed by atoms with van der Waals surface area (Å²) in [5, 5.41) is 0. The molecule has 0 saturated heterocycles.